The Labute approximate surface area is 89.0 Å². The second-order valence-corrected chi connectivity index (χ2v) is 3.98. The Balaban J connectivity index is 3.01. The van der Waals surface area contributed by atoms with Crippen molar-refractivity contribution in [2.75, 3.05) is 11.9 Å². The third kappa shape index (κ3) is 2.69. The minimum absolute atomic E-state index is 0.114. The van der Waals surface area contributed by atoms with Gasteiger partial charge in [0.2, 0.25) is 5.91 Å². The molecule has 0 saturated heterocycles. The first-order valence-electron chi connectivity index (χ1n) is 4.11. The van der Waals surface area contributed by atoms with E-state index in [4.69, 9.17) is 5.11 Å². The van der Waals surface area contributed by atoms with Crippen molar-refractivity contribution in [1.29, 1.82) is 0 Å². The molecule has 4 nitrogen and oxygen atoms in total. The third-order valence-electron chi connectivity index (χ3n) is 1.61. The van der Waals surface area contributed by atoms with Crippen molar-refractivity contribution in [2.45, 2.75) is 19.8 Å². The second kappa shape index (κ2) is 4.19. The number of aliphatic hydroxyl groups is 1. The number of carbonyl (C=O) groups excluding carboxylic acids is 1. The van der Waals surface area contributed by atoms with Gasteiger partial charge in [-0.3, -0.25) is 4.79 Å². The van der Waals surface area contributed by atoms with Gasteiger partial charge >= 0.3 is 5.92 Å². The molecule has 84 valence electrons. The summed E-state index contributed by atoms with van der Waals surface area (Å²) < 4.78 is 26.2. The zero-order chi connectivity index (χ0) is 11.6. The van der Waals surface area contributed by atoms with Crippen LogP contribution in [0.2, 0.25) is 0 Å². The second-order valence-electron chi connectivity index (χ2n) is 2.98. The summed E-state index contributed by atoms with van der Waals surface area (Å²) >= 11 is 0.666. The van der Waals surface area contributed by atoms with E-state index >= 15 is 0 Å². The van der Waals surface area contributed by atoms with E-state index in [1.54, 1.807) is 0 Å². The summed E-state index contributed by atoms with van der Waals surface area (Å²) in [5.41, 5.74) is 0.114. The molecule has 1 aromatic rings. The molecule has 1 rings (SSSR count). The summed E-state index contributed by atoms with van der Waals surface area (Å²) in [6, 6.07) is 0. The predicted octanol–water partition coefficient (Wildman–Crippen LogP) is 1.49. The van der Waals surface area contributed by atoms with Crippen LogP contribution in [0.25, 0.3) is 0 Å². The van der Waals surface area contributed by atoms with Crippen LogP contribution < -0.4 is 5.32 Å². The molecule has 0 aliphatic heterocycles. The summed E-state index contributed by atoms with van der Waals surface area (Å²) in [6.07, 6.45) is 0. The minimum atomic E-state index is -3.31. The first-order valence-corrected chi connectivity index (χ1v) is 4.92. The van der Waals surface area contributed by atoms with Crippen molar-refractivity contribution in [3.05, 3.63) is 10.6 Å². The fraction of sp³-hybridized carbons (Fsp3) is 0.500. The van der Waals surface area contributed by atoms with Gasteiger partial charge < -0.3 is 10.4 Å². The fourth-order valence-corrected chi connectivity index (χ4v) is 1.99. The van der Waals surface area contributed by atoms with Crippen molar-refractivity contribution in [2.24, 2.45) is 0 Å². The first kappa shape index (κ1) is 12.0. The maximum Gasteiger partial charge on any atom is 0.306 e. The SMILES string of the molecule is CC(=O)Nc1nc(C)c(C(F)(F)CO)s1. The molecule has 0 atom stereocenters. The molecule has 0 unspecified atom stereocenters. The Kier molecular flexibility index (Phi) is 3.35. The van der Waals surface area contributed by atoms with Crippen LogP contribution in [-0.4, -0.2) is 22.6 Å². The highest BCUT2D eigenvalue weighted by atomic mass is 32.1. The van der Waals surface area contributed by atoms with Crippen molar-refractivity contribution in [1.82, 2.24) is 4.98 Å². The largest absolute Gasteiger partial charge is 0.390 e. The maximum atomic E-state index is 13.1. The Morgan fingerprint density at radius 2 is 2.27 bits per heavy atom. The lowest BCUT2D eigenvalue weighted by Crippen LogP contribution is -2.17. The Morgan fingerprint density at radius 3 is 2.73 bits per heavy atom. The molecule has 1 amide bonds. The Morgan fingerprint density at radius 1 is 1.67 bits per heavy atom. The number of aliphatic hydroxyl groups excluding tert-OH is 1. The number of thiazole rings is 1. The predicted molar refractivity (Wildman–Crippen MR) is 52.1 cm³/mol. The van der Waals surface area contributed by atoms with Crippen LogP contribution in [0.1, 0.15) is 17.5 Å². The molecule has 15 heavy (non-hydrogen) atoms. The van der Waals surface area contributed by atoms with Gasteiger partial charge in [0.25, 0.3) is 0 Å². The minimum Gasteiger partial charge on any atom is -0.390 e. The van der Waals surface area contributed by atoms with Gasteiger partial charge in [0.05, 0.1) is 5.69 Å². The van der Waals surface area contributed by atoms with Crippen LogP contribution in [0, 0.1) is 6.92 Å². The van der Waals surface area contributed by atoms with Crippen LogP contribution in [0.5, 0.6) is 0 Å². The molecule has 0 fully saturated rings. The molecule has 0 saturated carbocycles. The molecule has 2 N–H and O–H groups in total. The molecule has 7 heteroatoms. The number of aryl methyl sites for hydroxylation is 1. The number of alkyl halides is 2. The van der Waals surface area contributed by atoms with Gasteiger partial charge in [0.15, 0.2) is 5.13 Å². The van der Waals surface area contributed by atoms with Crippen molar-refractivity contribution >= 4 is 22.4 Å². The lowest BCUT2D eigenvalue weighted by molar-refractivity contribution is -0.114. The normalized spacial score (nSPS) is 11.5. The van der Waals surface area contributed by atoms with Crippen molar-refractivity contribution < 1.29 is 18.7 Å². The van der Waals surface area contributed by atoms with E-state index in [1.807, 2.05) is 0 Å². The molecule has 1 aromatic heterocycles. The van der Waals surface area contributed by atoms with E-state index < -0.39 is 12.5 Å². The van der Waals surface area contributed by atoms with Gasteiger partial charge in [-0.1, -0.05) is 11.3 Å². The van der Waals surface area contributed by atoms with Crippen molar-refractivity contribution in [3.63, 3.8) is 0 Å². The highest BCUT2D eigenvalue weighted by Gasteiger charge is 2.35. The van der Waals surface area contributed by atoms with E-state index in [1.165, 1.54) is 13.8 Å². The lowest BCUT2D eigenvalue weighted by atomic mass is 10.2. The average molecular weight is 236 g/mol. The fourth-order valence-electron chi connectivity index (χ4n) is 1.01. The van der Waals surface area contributed by atoms with E-state index in [9.17, 15) is 13.6 Å². The molecule has 0 aliphatic rings. The number of rotatable bonds is 3. The number of aromatic nitrogens is 1. The molecular formula is C8H10F2N2O2S. The summed E-state index contributed by atoms with van der Waals surface area (Å²) in [7, 11) is 0. The zero-order valence-corrected chi connectivity index (χ0v) is 8.99. The first-order chi connectivity index (χ1) is 6.86. The zero-order valence-electron chi connectivity index (χ0n) is 8.17. The lowest BCUT2D eigenvalue weighted by Gasteiger charge is -2.10. The summed E-state index contributed by atoms with van der Waals surface area (Å²) in [4.78, 5) is 14.1. The molecule has 0 spiro atoms. The molecule has 0 bridgehead atoms. The standard InChI is InChI=1S/C8H10F2N2O2S/c1-4-6(8(9,10)3-13)15-7(11-4)12-5(2)14/h13H,3H2,1-2H3,(H,11,12,14). The average Bonchev–Trinajstić information content (AvgIpc) is 2.46. The number of anilines is 1. The molecular weight excluding hydrogens is 226 g/mol. The van der Waals surface area contributed by atoms with Crippen LogP contribution >= 0.6 is 11.3 Å². The number of amides is 1. The van der Waals surface area contributed by atoms with Crippen LogP contribution in [0.4, 0.5) is 13.9 Å². The number of carbonyl (C=O) groups is 1. The van der Waals surface area contributed by atoms with Gasteiger partial charge in [-0.15, -0.1) is 0 Å². The van der Waals surface area contributed by atoms with Crippen LogP contribution in [0.3, 0.4) is 0 Å². The number of halogens is 2. The monoisotopic (exact) mass is 236 g/mol. The third-order valence-corrected chi connectivity index (χ3v) is 2.80. The van der Waals surface area contributed by atoms with E-state index in [0.29, 0.717) is 11.3 Å². The van der Waals surface area contributed by atoms with Gasteiger partial charge in [0, 0.05) is 6.92 Å². The van der Waals surface area contributed by atoms with E-state index in [-0.39, 0.29) is 21.6 Å². The summed E-state index contributed by atoms with van der Waals surface area (Å²) in [5.74, 6) is -3.68. The number of hydrogen-bond donors (Lipinski definition) is 2. The van der Waals surface area contributed by atoms with E-state index in [0.717, 1.165) is 0 Å². The Bertz CT molecular complexity index is 379. The summed E-state index contributed by atoms with van der Waals surface area (Å²) in [5, 5.41) is 10.9. The quantitative estimate of drug-likeness (QED) is 0.835. The Hall–Kier alpha value is -1.08. The van der Waals surface area contributed by atoms with Gasteiger partial charge in [-0.25, -0.2) is 4.98 Å². The van der Waals surface area contributed by atoms with Gasteiger partial charge in [0.1, 0.15) is 11.5 Å². The number of nitrogens with one attached hydrogen (secondary N) is 1. The van der Waals surface area contributed by atoms with Crippen molar-refractivity contribution in [3.8, 4) is 0 Å². The summed E-state index contributed by atoms with van der Waals surface area (Å²) in [6.45, 7) is 1.40. The molecule has 1 heterocycles. The van der Waals surface area contributed by atoms with Gasteiger partial charge in [-0.05, 0) is 6.92 Å². The smallest absolute Gasteiger partial charge is 0.306 e. The van der Waals surface area contributed by atoms with Gasteiger partial charge in [-0.2, -0.15) is 8.78 Å². The molecule has 0 radical (unpaired) electrons. The van der Waals surface area contributed by atoms with Crippen LogP contribution in [0.15, 0.2) is 0 Å². The number of hydrogen-bond acceptors (Lipinski definition) is 4. The topological polar surface area (TPSA) is 62.2 Å². The highest BCUT2D eigenvalue weighted by molar-refractivity contribution is 7.16. The maximum absolute atomic E-state index is 13.1. The van der Waals surface area contributed by atoms with Crippen LogP contribution in [-0.2, 0) is 10.7 Å². The van der Waals surface area contributed by atoms with E-state index in [2.05, 4.69) is 10.3 Å². The number of nitrogens with zero attached hydrogens (tertiary/aromatic N) is 1. The molecule has 0 aliphatic carbocycles. The highest BCUT2D eigenvalue weighted by Crippen LogP contribution is 2.36. The molecule has 0 aromatic carbocycles.